The second kappa shape index (κ2) is 10.6. The molecule has 1 unspecified atom stereocenters. The first-order chi connectivity index (χ1) is 18.9. The largest absolute Gasteiger partial charge is 0.472 e. The molecule has 0 radical (unpaired) electrons. The van der Waals surface area contributed by atoms with Crippen LogP contribution < -0.4 is 22.5 Å². The van der Waals surface area contributed by atoms with Crippen molar-refractivity contribution in [1.82, 2.24) is 29.1 Å². The number of anilines is 1. The number of rotatable bonds is 8. The third kappa shape index (κ3) is 5.12. The lowest BCUT2D eigenvalue weighted by atomic mass is 10.1. The number of ether oxygens (including phenoxy) is 2. The van der Waals surface area contributed by atoms with Gasteiger partial charge >= 0.3 is 13.5 Å². The molecule has 5 heterocycles. The zero-order chi connectivity index (χ0) is 28.9. The molecule has 5 rings (SSSR count). The average Bonchev–Trinajstić information content (AvgIpc) is 3.53. The van der Waals surface area contributed by atoms with Gasteiger partial charge in [-0.25, -0.2) is 14.3 Å². The molecule has 20 nitrogen and oxygen atoms in total. The Morgan fingerprint density at radius 3 is 2.45 bits per heavy atom. The van der Waals surface area contributed by atoms with E-state index >= 15 is 0 Å². The zero-order valence-electron chi connectivity index (χ0n) is 20.1. The first-order valence-electron chi connectivity index (χ1n) is 11.6. The summed E-state index contributed by atoms with van der Waals surface area (Å²) in [6, 6.07) is 0.976. The Hall–Kier alpha value is -3.30. The van der Waals surface area contributed by atoms with E-state index in [2.05, 4.69) is 15.0 Å². The van der Waals surface area contributed by atoms with Crippen molar-refractivity contribution in [1.29, 1.82) is 0 Å². The molecule has 9 N–H and O–H groups in total. The fraction of sp³-hybridized carbons (Fsp3) is 0.526. The summed E-state index contributed by atoms with van der Waals surface area (Å²) >= 11 is 0. The summed E-state index contributed by atoms with van der Waals surface area (Å²) in [6.45, 7) is -1.60. The van der Waals surface area contributed by atoms with Crippen molar-refractivity contribution in [2.24, 2.45) is 0 Å². The van der Waals surface area contributed by atoms with Crippen LogP contribution in [0.1, 0.15) is 12.5 Å². The molecule has 40 heavy (non-hydrogen) atoms. The normalized spacial score (nSPS) is 32.0. The van der Waals surface area contributed by atoms with Crippen LogP contribution in [0.15, 0.2) is 33.0 Å². The number of imidazole rings is 1. The van der Waals surface area contributed by atoms with Gasteiger partial charge in [0.05, 0.1) is 19.5 Å². The number of nitrogens with two attached hydrogens (primary N) is 1. The predicted octanol–water partition coefficient (Wildman–Crippen LogP) is -4.38. The van der Waals surface area contributed by atoms with Gasteiger partial charge in [0.25, 0.3) is 11.1 Å². The molecular formula is C19H24N7O13P. The van der Waals surface area contributed by atoms with E-state index in [1.165, 1.54) is 0 Å². The highest BCUT2D eigenvalue weighted by Gasteiger charge is 2.50. The van der Waals surface area contributed by atoms with E-state index in [0.29, 0.717) is 0 Å². The monoisotopic (exact) mass is 589 g/mol. The van der Waals surface area contributed by atoms with Crippen LogP contribution in [-0.4, -0.2) is 104 Å². The lowest BCUT2D eigenvalue weighted by molar-refractivity contribution is -0.0594. The van der Waals surface area contributed by atoms with Gasteiger partial charge in [0.15, 0.2) is 23.6 Å². The summed E-state index contributed by atoms with van der Waals surface area (Å²) in [4.78, 5) is 57.8. The number of hydrogen-bond donors (Lipinski definition) is 8. The van der Waals surface area contributed by atoms with Gasteiger partial charge in [0.2, 0.25) is 5.95 Å². The Morgan fingerprint density at radius 1 is 1.05 bits per heavy atom. The van der Waals surface area contributed by atoms with Crippen LogP contribution >= 0.6 is 7.82 Å². The summed E-state index contributed by atoms with van der Waals surface area (Å²) in [5.41, 5.74) is 3.06. The van der Waals surface area contributed by atoms with Crippen LogP contribution in [0, 0.1) is 0 Å². The molecule has 218 valence electrons. The molecular weight excluding hydrogens is 565 g/mol. The number of aliphatic hydroxyl groups excluding tert-OH is 4. The summed E-state index contributed by atoms with van der Waals surface area (Å²) in [5.74, 6) is -0.238. The Kier molecular flexibility index (Phi) is 7.48. The lowest BCUT2D eigenvalue weighted by Gasteiger charge is -2.23. The molecule has 2 aliphatic rings. The maximum atomic E-state index is 12.7. The number of phosphoric ester groups is 1. The van der Waals surface area contributed by atoms with Crippen molar-refractivity contribution in [3.8, 4) is 0 Å². The van der Waals surface area contributed by atoms with E-state index in [0.717, 1.165) is 27.7 Å². The third-order valence-corrected chi connectivity index (χ3v) is 7.32. The maximum Gasteiger partial charge on any atom is 0.472 e. The van der Waals surface area contributed by atoms with Crippen LogP contribution in [0.2, 0.25) is 0 Å². The molecule has 0 aromatic carbocycles. The van der Waals surface area contributed by atoms with Crippen molar-refractivity contribution in [3.05, 3.63) is 49.8 Å². The Labute approximate surface area is 220 Å². The van der Waals surface area contributed by atoms with Crippen molar-refractivity contribution >= 4 is 24.9 Å². The Morgan fingerprint density at radius 2 is 1.75 bits per heavy atom. The highest BCUT2D eigenvalue weighted by atomic mass is 31.2. The van der Waals surface area contributed by atoms with E-state index in [1.54, 1.807) is 0 Å². The van der Waals surface area contributed by atoms with Gasteiger partial charge in [-0.1, -0.05) is 0 Å². The van der Waals surface area contributed by atoms with Gasteiger partial charge in [-0.05, 0) is 0 Å². The molecule has 21 heteroatoms. The summed E-state index contributed by atoms with van der Waals surface area (Å²) < 4.78 is 35.6. The molecule has 9 atom stereocenters. The number of H-pyrrole nitrogens is 2. The Bertz CT molecular complexity index is 1620. The van der Waals surface area contributed by atoms with Crippen molar-refractivity contribution in [2.45, 2.75) is 49.1 Å². The summed E-state index contributed by atoms with van der Waals surface area (Å²) in [7, 11) is -5.06. The SMILES string of the molecule is Nc1nc2c(ncn2[C@@H]2O[C@H](COP(=O)(O)O[C@H]3[C@@H](O)[C@H](n4ccc(=O)[nH]c4=O)O[C@@H]3CO)[C@@H](O)[C@H]2O)c(=O)[nH]1. The molecule has 3 aromatic heterocycles. The third-order valence-electron chi connectivity index (χ3n) is 6.33. The van der Waals surface area contributed by atoms with E-state index in [1.807, 2.05) is 4.98 Å². The van der Waals surface area contributed by atoms with Gasteiger partial charge in [0, 0.05) is 12.3 Å². The maximum absolute atomic E-state index is 12.7. The van der Waals surface area contributed by atoms with Gasteiger partial charge in [-0.3, -0.25) is 37.7 Å². The van der Waals surface area contributed by atoms with E-state index < -0.39 is 86.9 Å². The molecule has 2 aliphatic heterocycles. The molecule has 2 fully saturated rings. The molecule has 2 saturated heterocycles. The van der Waals surface area contributed by atoms with Crippen molar-refractivity contribution in [3.63, 3.8) is 0 Å². The molecule has 3 aromatic rings. The number of aromatic amines is 2. The van der Waals surface area contributed by atoms with Crippen LogP contribution in [0.25, 0.3) is 11.2 Å². The van der Waals surface area contributed by atoms with Gasteiger partial charge < -0.3 is 40.5 Å². The van der Waals surface area contributed by atoms with E-state index in [-0.39, 0.29) is 17.1 Å². The smallest absolute Gasteiger partial charge is 0.394 e. The second-order valence-electron chi connectivity index (χ2n) is 8.91. The first kappa shape index (κ1) is 28.2. The van der Waals surface area contributed by atoms with Crippen molar-refractivity contribution in [2.75, 3.05) is 18.9 Å². The minimum Gasteiger partial charge on any atom is -0.394 e. The number of phosphoric acid groups is 1. The summed E-state index contributed by atoms with van der Waals surface area (Å²) in [6.07, 6.45) is -10.2. The minimum absolute atomic E-state index is 0.0587. The number of nitrogen functional groups attached to an aromatic ring is 1. The Balaban J connectivity index is 1.27. The highest BCUT2D eigenvalue weighted by Crippen LogP contribution is 2.49. The topological polar surface area (TPSA) is 300 Å². The number of nitrogens with one attached hydrogen (secondary N) is 2. The molecule has 0 saturated carbocycles. The number of fused-ring (bicyclic) bond motifs is 1. The molecule has 0 bridgehead atoms. The van der Waals surface area contributed by atoms with Crippen LogP contribution in [0.5, 0.6) is 0 Å². The number of aromatic nitrogens is 6. The van der Waals surface area contributed by atoms with E-state index in [4.69, 9.17) is 24.3 Å². The predicted molar refractivity (Wildman–Crippen MR) is 127 cm³/mol. The quantitative estimate of drug-likeness (QED) is 0.115. The van der Waals surface area contributed by atoms with Crippen LogP contribution in [0.3, 0.4) is 0 Å². The fourth-order valence-electron chi connectivity index (χ4n) is 4.43. The van der Waals surface area contributed by atoms with Gasteiger partial charge in [-0.2, -0.15) is 4.98 Å². The number of aliphatic hydroxyl groups is 4. The number of nitrogens with zero attached hydrogens (tertiary/aromatic N) is 4. The highest BCUT2D eigenvalue weighted by molar-refractivity contribution is 7.47. The molecule has 0 amide bonds. The minimum atomic E-state index is -5.06. The van der Waals surface area contributed by atoms with Crippen LogP contribution in [-0.2, 0) is 23.1 Å². The zero-order valence-corrected chi connectivity index (χ0v) is 21.0. The standard InChI is InChI=1S/C19H24N7O13P/c20-18-23-14-9(15(32)24-18)21-5-26(14)16-11(30)10(29)7(38-16)4-36-40(34,35)39-13-6(3-27)37-17(12(13)31)25-2-1-8(28)22-19(25)33/h1-2,5-7,10-13,16-17,27,29-31H,3-4H2,(H,34,35)(H,22,28,33)(H3,20,23,24,32)/t6-,7-,10-,11-,12-,13-,16-,17-/m1/s1. The lowest BCUT2D eigenvalue weighted by Crippen LogP contribution is -2.39. The summed E-state index contributed by atoms with van der Waals surface area (Å²) in [5, 5.41) is 41.2. The van der Waals surface area contributed by atoms with E-state index in [9.17, 15) is 44.3 Å². The fourth-order valence-corrected chi connectivity index (χ4v) is 5.40. The molecule has 0 aliphatic carbocycles. The van der Waals surface area contributed by atoms with Gasteiger partial charge in [0.1, 0.15) is 36.6 Å². The number of hydrogen-bond acceptors (Lipinski definition) is 15. The second-order valence-corrected chi connectivity index (χ2v) is 10.3. The molecule has 0 spiro atoms. The van der Waals surface area contributed by atoms with Crippen LogP contribution in [0.4, 0.5) is 5.95 Å². The van der Waals surface area contributed by atoms with Crippen molar-refractivity contribution < 1.29 is 48.4 Å². The van der Waals surface area contributed by atoms with Gasteiger partial charge in [-0.15, -0.1) is 0 Å². The first-order valence-corrected chi connectivity index (χ1v) is 13.0. The average molecular weight is 589 g/mol.